The summed E-state index contributed by atoms with van der Waals surface area (Å²) in [4.78, 5) is 23.8. The largest absolute Gasteiger partial charge is 0.508 e. The van der Waals surface area contributed by atoms with E-state index < -0.39 is 21.6 Å². The minimum Gasteiger partial charge on any atom is -0.508 e. The summed E-state index contributed by atoms with van der Waals surface area (Å²) < 4.78 is 27.4. The number of hydrogen-bond donors (Lipinski definition) is 3. The number of amides is 3. The Kier molecular flexibility index (Phi) is 5.01. The number of phenolic OH excluding ortho intramolecular Hbond substituents is 1. The number of carbonyl (C=O) groups excluding carboxylic acids is 2. The Morgan fingerprint density at radius 1 is 1.27 bits per heavy atom. The Labute approximate surface area is 151 Å². The number of nitrogens with one attached hydrogen (secondary N) is 2. The lowest BCUT2D eigenvalue weighted by molar-refractivity contribution is -0.118. The van der Waals surface area contributed by atoms with Crippen molar-refractivity contribution in [3.05, 3.63) is 42.0 Å². The van der Waals surface area contributed by atoms with E-state index in [1.54, 1.807) is 36.4 Å². The van der Waals surface area contributed by atoms with E-state index in [1.165, 1.54) is 4.90 Å². The second kappa shape index (κ2) is 7.08. The number of imide groups is 1. The van der Waals surface area contributed by atoms with Crippen molar-refractivity contribution < 1.29 is 23.1 Å². The summed E-state index contributed by atoms with van der Waals surface area (Å²) in [6, 6.07) is 6.19. The highest BCUT2D eigenvalue weighted by Gasteiger charge is 2.47. The first-order chi connectivity index (χ1) is 12.3. The first kappa shape index (κ1) is 18.4. The predicted molar refractivity (Wildman–Crippen MR) is 94.8 cm³/mol. The minimum atomic E-state index is -3.49. The molecule has 1 aliphatic carbocycles. The van der Waals surface area contributed by atoms with Crippen molar-refractivity contribution in [2.45, 2.75) is 24.8 Å². The van der Waals surface area contributed by atoms with Gasteiger partial charge in [-0.15, -0.1) is 0 Å². The maximum Gasteiger partial charge on any atom is 0.324 e. The number of hydrogen-bond acceptors (Lipinski definition) is 5. The Hall–Kier alpha value is -2.39. The van der Waals surface area contributed by atoms with Gasteiger partial charge in [0.05, 0.1) is 11.3 Å². The highest BCUT2D eigenvalue weighted by atomic mass is 32.2. The van der Waals surface area contributed by atoms with Gasteiger partial charge in [0, 0.05) is 6.54 Å². The summed E-state index contributed by atoms with van der Waals surface area (Å²) in [5.74, 6) is -0.299. The molecule has 0 atom stereocenters. The van der Waals surface area contributed by atoms with Gasteiger partial charge in [0.15, 0.2) is 0 Å². The summed E-state index contributed by atoms with van der Waals surface area (Å²) in [6.45, 7) is 0.285. The molecule has 2 aliphatic rings. The highest BCUT2D eigenvalue weighted by Crippen LogP contribution is 2.46. The van der Waals surface area contributed by atoms with Crippen LogP contribution in [0.3, 0.4) is 0 Å². The molecule has 0 spiro atoms. The van der Waals surface area contributed by atoms with Gasteiger partial charge in [0.1, 0.15) is 12.3 Å². The molecule has 1 aromatic rings. The average Bonchev–Trinajstić information content (AvgIpc) is 3.25. The van der Waals surface area contributed by atoms with Gasteiger partial charge >= 0.3 is 6.03 Å². The SMILES string of the molecule is O=C1CN(C/C=C/CCS(=O)(=O)NC2(c3cccc(O)c3)CC2)C(=O)N1. The van der Waals surface area contributed by atoms with Crippen molar-refractivity contribution in [1.29, 1.82) is 0 Å². The van der Waals surface area contributed by atoms with Crippen LogP contribution in [0, 0.1) is 0 Å². The van der Waals surface area contributed by atoms with Crippen LogP contribution in [0.25, 0.3) is 0 Å². The van der Waals surface area contributed by atoms with Gasteiger partial charge in [-0.3, -0.25) is 10.1 Å². The molecule has 3 amide bonds. The molecule has 8 nitrogen and oxygen atoms in total. The quantitative estimate of drug-likeness (QED) is 0.456. The van der Waals surface area contributed by atoms with Gasteiger partial charge < -0.3 is 10.0 Å². The maximum absolute atomic E-state index is 12.3. The van der Waals surface area contributed by atoms with E-state index >= 15 is 0 Å². The fourth-order valence-electron chi connectivity index (χ4n) is 2.90. The van der Waals surface area contributed by atoms with Crippen molar-refractivity contribution in [3.63, 3.8) is 0 Å². The number of rotatable bonds is 8. The third kappa shape index (κ3) is 4.41. The summed E-state index contributed by atoms with van der Waals surface area (Å²) in [5.41, 5.74) is 0.149. The summed E-state index contributed by atoms with van der Waals surface area (Å²) in [7, 11) is -3.49. The Morgan fingerprint density at radius 2 is 2.04 bits per heavy atom. The molecular weight excluding hydrogens is 358 g/mol. The molecule has 3 rings (SSSR count). The zero-order chi connectivity index (χ0) is 18.8. The molecule has 0 bridgehead atoms. The van der Waals surface area contributed by atoms with Crippen molar-refractivity contribution in [2.75, 3.05) is 18.8 Å². The predicted octanol–water partition coefficient (Wildman–Crippen LogP) is 0.799. The summed E-state index contributed by atoms with van der Waals surface area (Å²) in [5, 5.41) is 11.8. The van der Waals surface area contributed by atoms with Crippen molar-refractivity contribution in [3.8, 4) is 5.75 Å². The van der Waals surface area contributed by atoms with Gasteiger partial charge in [0.2, 0.25) is 15.9 Å². The molecular formula is C17H21N3O5S. The van der Waals surface area contributed by atoms with Gasteiger partial charge in [-0.25, -0.2) is 17.9 Å². The lowest BCUT2D eigenvalue weighted by Crippen LogP contribution is -2.36. The first-order valence-corrected chi connectivity index (χ1v) is 10.00. The van der Waals surface area contributed by atoms with Gasteiger partial charge in [0.25, 0.3) is 0 Å². The molecule has 1 saturated heterocycles. The molecule has 0 aromatic heterocycles. The van der Waals surface area contributed by atoms with Crippen LogP contribution in [0.2, 0.25) is 0 Å². The number of benzene rings is 1. The van der Waals surface area contributed by atoms with Crippen LogP contribution in [0.5, 0.6) is 5.75 Å². The van der Waals surface area contributed by atoms with E-state index in [1.807, 2.05) is 0 Å². The van der Waals surface area contributed by atoms with Crippen LogP contribution < -0.4 is 10.0 Å². The molecule has 26 heavy (non-hydrogen) atoms. The average molecular weight is 379 g/mol. The van der Waals surface area contributed by atoms with E-state index in [4.69, 9.17) is 0 Å². The Morgan fingerprint density at radius 3 is 2.65 bits per heavy atom. The fraction of sp³-hybridized carbons (Fsp3) is 0.412. The Balaban J connectivity index is 1.49. The number of aromatic hydroxyl groups is 1. The molecule has 9 heteroatoms. The fourth-order valence-corrected chi connectivity index (χ4v) is 4.37. The molecule has 1 aromatic carbocycles. The van der Waals surface area contributed by atoms with E-state index in [-0.39, 0.29) is 30.5 Å². The zero-order valence-corrected chi connectivity index (χ0v) is 15.0. The van der Waals surface area contributed by atoms with E-state index in [0.717, 1.165) is 5.56 Å². The van der Waals surface area contributed by atoms with Crippen molar-refractivity contribution in [1.82, 2.24) is 14.9 Å². The molecule has 1 heterocycles. The normalized spacial score (nSPS) is 19.2. The van der Waals surface area contributed by atoms with E-state index in [9.17, 15) is 23.1 Å². The molecule has 1 saturated carbocycles. The van der Waals surface area contributed by atoms with Crippen LogP contribution in [-0.2, 0) is 20.4 Å². The second-order valence-corrected chi connectivity index (χ2v) is 8.39. The number of carbonyl (C=O) groups is 2. The standard InChI is InChI=1S/C17H21N3O5S/c21-14-6-4-5-13(11-14)17(7-8-17)19-26(24,25)10-3-1-2-9-20-12-15(22)18-16(20)23/h1-2,4-6,11,19,21H,3,7-10,12H2,(H,18,22,23)/b2-1+. The number of sulfonamides is 1. The van der Waals surface area contributed by atoms with Gasteiger partial charge in [-0.2, -0.15) is 0 Å². The summed E-state index contributed by atoms with van der Waals surface area (Å²) >= 11 is 0. The third-order valence-electron chi connectivity index (χ3n) is 4.41. The number of urea groups is 1. The molecule has 140 valence electrons. The molecule has 1 aliphatic heterocycles. The summed E-state index contributed by atoms with van der Waals surface area (Å²) in [6.07, 6.45) is 5.06. The first-order valence-electron chi connectivity index (χ1n) is 8.35. The van der Waals surface area contributed by atoms with Crippen molar-refractivity contribution >= 4 is 22.0 Å². The van der Waals surface area contributed by atoms with Crippen LogP contribution in [0.1, 0.15) is 24.8 Å². The second-order valence-electron chi connectivity index (χ2n) is 6.55. The highest BCUT2D eigenvalue weighted by molar-refractivity contribution is 7.89. The molecule has 0 radical (unpaired) electrons. The number of allylic oxidation sites excluding steroid dienone is 1. The minimum absolute atomic E-state index is 0.0233. The number of phenols is 1. The zero-order valence-electron chi connectivity index (χ0n) is 14.1. The van der Waals surface area contributed by atoms with Crippen LogP contribution in [0.4, 0.5) is 4.79 Å². The smallest absolute Gasteiger partial charge is 0.324 e. The third-order valence-corrected chi connectivity index (χ3v) is 5.89. The monoisotopic (exact) mass is 379 g/mol. The van der Waals surface area contributed by atoms with E-state index in [0.29, 0.717) is 19.3 Å². The lowest BCUT2D eigenvalue weighted by atomic mass is 10.1. The van der Waals surface area contributed by atoms with Crippen LogP contribution >= 0.6 is 0 Å². The van der Waals surface area contributed by atoms with E-state index in [2.05, 4.69) is 10.0 Å². The van der Waals surface area contributed by atoms with Gasteiger partial charge in [-0.1, -0.05) is 24.3 Å². The maximum atomic E-state index is 12.3. The lowest BCUT2D eigenvalue weighted by Gasteiger charge is -2.18. The number of nitrogens with zero attached hydrogens (tertiary/aromatic N) is 1. The topological polar surface area (TPSA) is 116 Å². The molecule has 2 fully saturated rings. The van der Waals surface area contributed by atoms with Crippen LogP contribution in [-0.4, -0.2) is 49.2 Å². The molecule has 3 N–H and O–H groups in total. The Bertz CT molecular complexity index is 846. The van der Waals surface area contributed by atoms with Crippen molar-refractivity contribution in [2.24, 2.45) is 0 Å². The molecule has 0 unspecified atom stereocenters. The van der Waals surface area contributed by atoms with Crippen LogP contribution in [0.15, 0.2) is 36.4 Å². The van der Waals surface area contributed by atoms with Gasteiger partial charge in [-0.05, 0) is 37.0 Å².